The van der Waals surface area contributed by atoms with E-state index in [4.69, 9.17) is 9.47 Å². The minimum atomic E-state index is -0.199. The normalized spacial score (nSPS) is 27.6. The Hall–Kier alpha value is -2.09. The number of ether oxygens (including phenoxy) is 2. The predicted molar refractivity (Wildman–Crippen MR) is 109 cm³/mol. The van der Waals surface area contributed by atoms with Crippen molar-refractivity contribution in [2.45, 2.75) is 31.6 Å². The highest BCUT2D eigenvalue weighted by atomic mass is 19.1. The molecule has 0 unspecified atom stereocenters. The third-order valence-corrected chi connectivity index (χ3v) is 6.20. The first kappa shape index (κ1) is 20.2. The average molecular weight is 400 g/mol. The molecule has 1 aromatic heterocycles. The van der Waals surface area contributed by atoms with E-state index in [1.54, 1.807) is 26.4 Å². The Bertz CT molecular complexity index is 822. The quantitative estimate of drug-likeness (QED) is 0.715. The first-order valence-electron chi connectivity index (χ1n) is 10.2. The van der Waals surface area contributed by atoms with Gasteiger partial charge in [0.2, 0.25) is 0 Å². The number of fused-ring (bicyclic) bond motifs is 1. The minimum Gasteiger partial charge on any atom is -0.379 e. The number of nitrogens with zero attached hydrogens (tertiary/aromatic N) is 4. The number of likely N-dealkylation sites (tertiary alicyclic amines) is 1. The van der Waals surface area contributed by atoms with Crippen molar-refractivity contribution in [3.8, 4) is 0 Å². The fourth-order valence-electron chi connectivity index (χ4n) is 4.77. The topological polar surface area (TPSA) is 52.4 Å². The van der Waals surface area contributed by atoms with Crippen molar-refractivity contribution in [1.29, 1.82) is 0 Å². The van der Waals surface area contributed by atoms with Crippen molar-refractivity contribution in [2.75, 3.05) is 33.9 Å². The highest BCUT2D eigenvalue weighted by Crippen LogP contribution is 2.42. The van der Waals surface area contributed by atoms with Crippen molar-refractivity contribution in [3.05, 3.63) is 53.6 Å². The van der Waals surface area contributed by atoms with Gasteiger partial charge in [-0.05, 0) is 42.4 Å². The Morgan fingerprint density at radius 1 is 1.14 bits per heavy atom. The predicted octanol–water partition coefficient (Wildman–Crippen LogP) is 3.17. The van der Waals surface area contributed by atoms with Crippen LogP contribution in [0.1, 0.15) is 30.1 Å². The molecule has 2 aromatic rings. The molecule has 2 fully saturated rings. The lowest BCUT2D eigenvalue weighted by Gasteiger charge is -2.37. The van der Waals surface area contributed by atoms with Gasteiger partial charge in [0, 0.05) is 33.9 Å². The number of rotatable bonds is 7. The Balaban J connectivity index is 1.36. The molecule has 156 valence electrons. The minimum absolute atomic E-state index is 0.156. The number of benzene rings is 1. The lowest BCUT2D eigenvalue weighted by atomic mass is 9.77. The largest absolute Gasteiger partial charge is 0.379 e. The molecule has 0 amide bonds. The zero-order chi connectivity index (χ0) is 20.2. The van der Waals surface area contributed by atoms with Gasteiger partial charge in [-0.15, -0.1) is 5.10 Å². The van der Waals surface area contributed by atoms with E-state index in [9.17, 15) is 4.39 Å². The zero-order valence-corrected chi connectivity index (χ0v) is 17.1. The van der Waals surface area contributed by atoms with Crippen LogP contribution < -0.4 is 0 Å². The van der Waals surface area contributed by atoms with Gasteiger partial charge in [-0.2, -0.15) is 0 Å². The van der Waals surface area contributed by atoms with E-state index >= 15 is 0 Å². The van der Waals surface area contributed by atoms with Gasteiger partial charge in [0.05, 0.1) is 24.9 Å². The van der Waals surface area contributed by atoms with E-state index in [1.807, 2.05) is 10.9 Å². The molecule has 0 N–H and O–H groups in total. The molecule has 1 aliphatic carbocycles. The van der Waals surface area contributed by atoms with Crippen LogP contribution in [-0.4, -0.2) is 59.9 Å². The lowest BCUT2D eigenvalue weighted by molar-refractivity contribution is -0.00547. The highest BCUT2D eigenvalue weighted by Gasteiger charge is 2.43. The van der Waals surface area contributed by atoms with Crippen molar-refractivity contribution >= 4 is 6.08 Å². The van der Waals surface area contributed by atoms with Crippen LogP contribution in [0.3, 0.4) is 0 Å². The summed E-state index contributed by atoms with van der Waals surface area (Å²) in [4.78, 5) is 2.50. The second-order valence-electron chi connectivity index (χ2n) is 8.13. The SMILES string of the molecule is COCc1cn([C@@H]2C[C@@H]3CN(C/C=C/c4ccc(F)cc4)C[C@@H]3C[C@H]2OC)nn1. The Morgan fingerprint density at radius 2 is 1.90 bits per heavy atom. The number of aromatic nitrogens is 3. The maximum Gasteiger partial charge on any atom is 0.123 e. The molecule has 1 aromatic carbocycles. The van der Waals surface area contributed by atoms with Crippen LogP contribution in [0.25, 0.3) is 6.08 Å². The zero-order valence-electron chi connectivity index (χ0n) is 17.1. The van der Waals surface area contributed by atoms with E-state index < -0.39 is 0 Å². The van der Waals surface area contributed by atoms with E-state index in [1.165, 1.54) is 12.1 Å². The summed E-state index contributed by atoms with van der Waals surface area (Å²) in [6.07, 6.45) is 8.47. The molecule has 2 heterocycles. The van der Waals surface area contributed by atoms with Crippen molar-refractivity contribution in [2.24, 2.45) is 11.8 Å². The van der Waals surface area contributed by atoms with Gasteiger partial charge in [0.1, 0.15) is 11.5 Å². The summed E-state index contributed by atoms with van der Waals surface area (Å²) in [5.74, 6) is 1.09. The molecule has 2 aliphatic rings. The molecule has 7 heteroatoms. The van der Waals surface area contributed by atoms with Crippen molar-refractivity contribution in [1.82, 2.24) is 19.9 Å². The van der Waals surface area contributed by atoms with Gasteiger partial charge in [0.25, 0.3) is 0 Å². The molecule has 6 nitrogen and oxygen atoms in total. The maximum absolute atomic E-state index is 13.0. The van der Waals surface area contributed by atoms with Gasteiger partial charge >= 0.3 is 0 Å². The summed E-state index contributed by atoms with van der Waals surface area (Å²) in [6.45, 7) is 3.57. The molecular formula is C22H29FN4O2. The Labute approximate surface area is 171 Å². The van der Waals surface area contributed by atoms with E-state index in [0.29, 0.717) is 18.4 Å². The maximum atomic E-state index is 13.0. The smallest absolute Gasteiger partial charge is 0.123 e. The number of methoxy groups -OCH3 is 2. The summed E-state index contributed by atoms with van der Waals surface area (Å²) < 4.78 is 26.0. The third-order valence-electron chi connectivity index (χ3n) is 6.20. The van der Waals surface area contributed by atoms with Crippen LogP contribution >= 0.6 is 0 Å². The summed E-state index contributed by atoms with van der Waals surface area (Å²) in [5.41, 5.74) is 1.88. The van der Waals surface area contributed by atoms with E-state index in [2.05, 4.69) is 27.4 Å². The molecule has 0 spiro atoms. The Morgan fingerprint density at radius 3 is 2.62 bits per heavy atom. The average Bonchev–Trinajstić information content (AvgIpc) is 3.35. The molecule has 29 heavy (non-hydrogen) atoms. The van der Waals surface area contributed by atoms with Gasteiger partial charge in [-0.1, -0.05) is 29.5 Å². The van der Waals surface area contributed by atoms with Crippen LogP contribution in [0.4, 0.5) is 4.39 Å². The Kier molecular flexibility index (Phi) is 6.37. The van der Waals surface area contributed by atoms with Gasteiger partial charge in [-0.3, -0.25) is 4.90 Å². The van der Waals surface area contributed by atoms with Gasteiger partial charge in [-0.25, -0.2) is 9.07 Å². The summed E-state index contributed by atoms with van der Waals surface area (Å²) in [6, 6.07) is 6.82. The number of halogens is 1. The molecule has 1 aliphatic heterocycles. The summed E-state index contributed by atoms with van der Waals surface area (Å²) >= 11 is 0. The number of hydrogen-bond acceptors (Lipinski definition) is 5. The second-order valence-corrected chi connectivity index (χ2v) is 8.13. The molecule has 1 saturated carbocycles. The summed E-state index contributed by atoms with van der Waals surface area (Å²) in [5, 5.41) is 8.55. The van der Waals surface area contributed by atoms with Crippen LogP contribution in [0, 0.1) is 17.7 Å². The van der Waals surface area contributed by atoms with Gasteiger partial charge in [0.15, 0.2) is 0 Å². The van der Waals surface area contributed by atoms with Crippen LogP contribution in [0.5, 0.6) is 0 Å². The lowest BCUT2D eigenvalue weighted by Crippen LogP contribution is -2.37. The second kappa shape index (κ2) is 9.15. The summed E-state index contributed by atoms with van der Waals surface area (Å²) in [7, 11) is 3.46. The van der Waals surface area contributed by atoms with Gasteiger partial charge < -0.3 is 9.47 Å². The molecular weight excluding hydrogens is 371 g/mol. The van der Waals surface area contributed by atoms with Crippen molar-refractivity contribution < 1.29 is 13.9 Å². The fourth-order valence-corrected chi connectivity index (χ4v) is 4.77. The van der Waals surface area contributed by atoms with E-state index in [-0.39, 0.29) is 18.0 Å². The first-order valence-corrected chi connectivity index (χ1v) is 10.2. The van der Waals surface area contributed by atoms with Crippen LogP contribution in [0.15, 0.2) is 36.5 Å². The molecule has 4 rings (SSSR count). The molecule has 0 radical (unpaired) electrons. The fraction of sp³-hybridized carbons (Fsp3) is 0.545. The first-order chi connectivity index (χ1) is 14.2. The third kappa shape index (κ3) is 4.74. The van der Waals surface area contributed by atoms with E-state index in [0.717, 1.165) is 43.7 Å². The molecule has 4 atom stereocenters. The molecule has 0 bridgehead atoms. The monoisotopic (exact) mass is 400 g/mol. The standard InChI is InChI=1S/C22H29FN4O2/c1-28-15-20-14-27(25-24-20)21-10-17-12-26(13-18(17)11-22(21)29-2)9-3-4-16-5-7-19(23)8-6-16/h3-8,14,17-18,21-22H,9-13,15H2,1-2H3/b4-3+/t17-,18+,21-,22-/m1/s1. The molecule has 1 saturated heterocycles. The number of hydrogen-bond donors (Lipinski definition) is 0. The van der Waals surface area contributed by atoms with Crippen LogP contribution in [0.2, 0.25) is 0 Å². The van der Waals surface area contributed by atoms with Crippen molar-refractivity contribution in [3.63, 3.8) is 0 Å². The highest BCUT2D eigenvalue weighted by molar-refractivity contribution is 5.48. The van der Waals surface area contributed by atoms with Crippen LogP contribution in [-0.2, 0) is 16.1 Å².